The maximum absolute atomic E-state index is 5.03. The van der Waals surface area contributed by atoms with Crippen LogP contribution in [0.1, 0.15) is 44.6 Å². The molecule has 4 aliphatic rings. The van der Waals surface area contributed by atoms with E-state index in [1.165, 1.54) is 96.6 Å². The van der Waals surface area contributed by atoms with Gasteiger partial charge in [-0.15, -0.1) is 11.3 Å². The Morgan fingerprint density at radius 2 is 1.93 bits per heavy atom. The molecule has 3 aliphatic heterocycles. The van der Waals surface area contributed by atoms with E-state index < -0.39 is 0 Å². The van der Waals surface area contributed by atoms with E-state index in [-0.39, 0.29) is 24.0 Å². The van der Waals surface area contributed by atoms with Crippen molar-refractivity contribution in [2.45, 2.75) is 45.4 Å². The zero-order valence-electron chi connectivity index (χ0n) is 16.6. The fraction of sp³-hybridized carbons (Fsp3) is 0.478. The van der Waals surface area contributed by atoms with Gasteiger partial charge in [0.15, 0.2) is 0 Å². The highest BCUT2D eigenvalue weighted by Crippen LogP contribution is 2.33. The second-order valence-electron chi connectivity index (χ2n) is 7.95. The van der Waals surface area contributed by atoms with Crippen molar-refractivity contribution in [1.82, 2.24) is 9.56 Å². The highest BCUT2D eigenvalue weighted by molar-refractivity contribution is 7.21. The van der Waals surface area contributed by atoms with Gasteiger partial charge in [0.05, 0.1) is 27.2 Å². The lowest BCUT2D eigenvalue weighted by Crippen LogP contribution is -3.00. The summed E-state index contributed by atoms with van der Waals surface area (Å²) in [7, 11) is 0. The first-order chi connectivity index (χ1) is 13.3. The number of halogens is 1. The average Bonchev–Trinajstić information content (AvgIpc) is 2.58. The fourth-order valence-electron chi connectivity index (χ4n) is 4.08. The first-order valence-electron chi connectivity index (χ1n) is 10.5. The van der Waals surface area contributed by atoms with E-state index in [0.717, 1.165) is 5.52 Å². The maximum Gasteiger partial charge on any atom is 0.204 e. The molecule has 3 heterocycles. The van der Waals surface area contributed by atoms with Gasteiger partial charge in [0.2, 0.25) is 5.36 Å². The lowest BCUT2D eigenvalue weighted by Gasteiger charge is -2.33. The lowest BCUT2D eigenvalue weighted by atomic mass is 10.0. The highest BCUT2D eigenvalue weighted by atomic mass is 127. The molecule has 0 spiro atoms. The molecule has 0 amide bonds. The Morgan fingerprint density at radius 3 is 2.61 bits per heavy atom. The van der Waals surface area contributed by atoms with E-state index in [9.17, 15) is 0 Å². The molecule has 5 rings (SSSR count). The summed E-state index contributed by atoms with van der Waals surface area (Å²) >= 11 is 1.90. The maximum atomic E-state index is 5.03. The molecule has 1 aliphatic carbocycles. The van der Waals surface area contributed by atoms with Crippen LogP contribution in [0, 0.1) is 0 Å². The van der Waals surface area contributed by atoms with E-state index in [1.807, 2.05) is 11.3 Å². The summed E-state index contributed by atoms with van der Waals surface area (Å²) in [4.78, 5) is 8.81. The molecular weight excluding hydrogens is 477 g/mol. The van der Waals surface area contributed by atoms with Crippen LogP contribution < -0.4 is 38.8 Å². The van der Waals surface area contributed by atoms with Gasteiger partial charge < -0.3 is 28.9 Å². The smallest absolute Gasteiger partial charge is 0.204 e. The normalized spacial score (nSPS) is 16.0. The first-order valence-corrected chi connectivity index (χ1v) is 11.3. The van der Waals surface area contributed by atoms with Crippen molar-refractivity contribution < 1.29 is 24.0 Å². The molecule has 2 fully saturated rings. The molecule has 5 heteroatoms. The van der Waals surface area contributed by atoms with Crippen LogP contribution in [0.25, 0.3) is 20.8 Å². The van der Waals surface area contributed by atoms with Crippen molar-refractivity contribution in [3.8, 4) is 10.6 Å². The summed E-state index contributed by atoms with van der Waals surface area (Å²) in [5.41, 5.74) is 5.14. The number of unbranched alkanes of at least 4 members (excludes halogenated alkanes) is 2. The van der Waals surface area contributed by atoms with Crippen LogP contribution in [0.15, 0.2) is 30.3 Å². The Balaban J connectivity index is 0.00000192. The predicted octanol–water partition coefficient (Wildman–Crippen LogP) is 1.52. The van der Waals surface area contributed by atoms with E-state index >= 15 is 0 Å². The molecule has 148 valence electrons. The van der Waals surface area contributed by atoms with Gasteiger partial charge in [-0.2, -0.15) is 0 Å². The molecule has 0 unspecified atom stereocenters. The van der Waals surface area contributed by atoms with E-state index in [2.05, 4.69) is 46.7 Å². The molecule has 0 N–H and O–H groups in total. The first kappa shape index (κ1) is 20.1. The Labute approximate surface area is 188 Å². The van der Waals surface area contributed by atoms with Crippen LogP contribution in [0.4, 0.5) is 5.69 Å². The van der Waals surface area contributed by atoms with Crippen LogP contribution in [-0.2, 0) is 6.42 Å². The van der Waals surface area contributed by atoms with Crippen LogP contribution in [0.5, 0.6) is 0 Å². The van der Waals surface area contributed by atoms with E-state index in [1.54, 1.807) is 0 Å². The lowest BCUT2D eigenvalue weighted by molar-refractivity contribution is -0.00000542. The van der Waals surface area contributed by atoms with Gasteiger partial charge in [-0.25, -0.2) is 9.56 Å². The summed E-state index contributed by atoms with van der Waals surface area (Å²) in [6.45, 7) is 7.07. The van der Waals surface area contributed by atoms with Crippen molar-refractivity contribution in [2.75, 3.05) is 31.1 Å². The quantitative estimate of drug-likeness (QED) is 0.227. The number of anilines is 1. The van der Waals surface area contributed by atoms with E-state index in [4.69, 9.17) is 4.98 Å². The summed E-state index contributed by atoms with van der Waals surface area (Å²) in [6.07, 6.45) is 7.68. The van der Waals surface area contributed by atoms with Crippen molar-refractivity contribution in [3.63, 3.8) is 0 Å². The van der Waals surface area contributed by atoms with Crippen molar-refractivity contribution in [2.24, 2.45) is 0 Å². The predicted molar refractivity (Wildman–Crippen MR) is 116 cm³/mol. The number of benzene rings is 2. The summed E-state index contributed by atoms with van der Waals surface area (Å²) in [5.74, 6) is 0. The van der Waals surface area contributed by atoms with E-state index in [0.29, 0.717) is 0 Å². The third kappa shape index (κ3) is 3.80. The summed E-state index contributed by atoms with van der Waals surface area (Å²) in [6, 6.07) is 11.6. The van der Waals surface area contributed by atoms with Gasteiger partial charge in [0.25, 0.3) is 0 Å². The number of hydrogen-bond acceptors (Lipinski definition) is 3. The molecule has 28 heavy (non-hydrogen) atoms. The largest absolute Gasteiger partial charge is 1.00 e. The van der Waals surface area contributed by atoms with Gasteiger partial charge in [-0.05, 0) is 43.5 Å². The Kier molecular flexibility index (Phi) is 6.21. The number of aromatic nitrogens is 1. The van der Waals surface area contributed by atoms with Crippen molar-refractivity contribution in [1.29, 1.82) is 0 Å². The topological polar surface area (TPSA) is 19.1 Å². The number of hydrogen-bond donors (Lipinski definition) is 0. The highest BCUT2D eigenvalue weighted by Gasteiger charge is 2.21. The van der Waals surface area contributed by atoms with Crippen LogP contribution in [0.2, 0.25) is 0 Å². The van der Waals surface area contributed by atoms with Crippen LogP contribution in [0.3, 0.4) is 0 Å². The van der Waals surface area contributed by atoms with Gasteiger partial charge >= 0.3 is 0 Å². The minimum atomic E-state index is 0. The van der Waals surface area contributed by atoms with Gasteiger partial charge in [0, 0.05) is 30.4 Å². The minimum absolute atomic E-state index is 0. The average molecular weight is 505 g/mol. The second-order valence-corrected chi connectivity index (χ2v) is 9.04. The van der Waals surface area contributed by atoms with Crippen LogP contribution in [-0.4, -0.2) is 31.2 Å². The van der Waals surface area contributed by atoms with Gasteiger partial charge in [-0.1, -0.05) is 19.8 Å². The zero-order valence-corrected chi connectivity index (χ0v) is 19.6. The molecule has 1 aromatic rings. The number of rotatable bonds is 5. The summed E-state index contributed by atoms with van der Waals surface area (Å²) in [5, 5.41) is 1.46. The monoisotopic (exact) mass is 505 g/mol. The Hall–Kier alpha value is -1.21. The standard InChI is InChI=1S/C23H28N3S.HI/c1-2-3-4-7-17-14-20-23(16-21(17)26-12-6-13-26)27-22-15-18(25-10-5-11-25)8-9-19(22)24-20;/h8-9,14-16H,2-7,10-13H2,1H3;1H/q+1;/p-1. The van der Waals surface area contributed by atoms with Crippen molar-refractivity contribution >= 4 is 27.2 Å². The fourth-order valence-corrected chi connectivity index (χ4v) is 5.10. The molecule has 3 nitrogen and oxygen atoms in total. The van der Waals surface area contributed by atoms with Gasteiger partial charge in [-0.3, -0.25) is 0 Å². The van der Waals surface area contributed by atoms with Gasteiger partial charge in [0.1, 0.15) is 13.1 Å². The van der Waals surface area contributed by atoms with Crippen LogP contribution >= 0.6 is 11.3 Å². The third-order valence-corrected chi connectivity index (χ3v) is 7.13. The molecule has 0 bridgehead atoms. The number of nitrogens with zero attached hydrogens (tertiary/aromatic N) is 3. The summed E-state index contributed by atoms with van der Waals surface area (Å²) < 4.78 is 3.86. The second kappa shape index (κ2) is 8.66. The molecule has 1 aromatic carbocycles. The Bertz CT molecular complexity index is 1020. The SMILES string of the molecule is CCCCCc1cc2nc3ccc(N4CCC4)cc3sc-2cc1=[N+]1CCC1.[I-]. The Morgan fingerprint density at radius 1 is 1.07 bits per heavy atom. The minimum Gasteiger partial charge on any atom is -1.00 e. The molecule has 2 saturated heterocycles. The van der Waals surface area contributed by atoms with Crippen molar-refractivity contribution in [3.05, 3.63) is 41.3 Å². The molecular formula is C23H28IN3S. The molecule has 0 radical (unpaired) electrons. The third-order valence-electron chi connectivity index (χ3n) is 6.03. The molecule has 0 saturated carbocycles. The molecule has 0 atom stereocenters. The number of aryl methyl sites for hydroxylation is 1. The number of fused-ring (bicyclic) bond motifs is 2. The zero-order chi connectivity index (χ0) is 18.2. The molecule has 0 aromatic heterocycles.